The molecule has 1 aromatic rings. The lowest BCUT2D eigenvalue weighted by molar-refractivity contribution is 0.176. The third-order valence-corrected chi connectivity index (χ3v) is 3.14. The molecule has 18 heavy (non-hydrogen) atoms. The van der Waals surface area contributed by atoms with Crippen molar-refractivity contribution in [2.24, 2.45) is 5.92 Å². The Hall–Kier alpha value is -0.870. The van der Waals surface area contributed by atoms with Crippen LogP contribution in [0.4, 0.5) is 0 Å². The van der Waals surface area contributed by atoms with Crippen molar-refractivity contribution in [2.75, 3.05) is 6.54 Å². The van der Waals surface area contributed by atoms with E-state index < -0.39 is 0 Å². The molecule has 1 atom stereocenters. The Bertz CT molecular complexity index is 369. The maximum absolute atomic E-state index is 9.33. The Labute approximate surface area is 110 Å². The second-order valence-electron chi connectivity index (χ2n) is 5.53. The standard InChI is InChI=1S/C14H27N3O/c1-10(2)8-15-9-14-12(4)16-17(13(14)5)7-6-11(3)18/h10-11,15,18H,6-9H2,1-5H3. The van der Waals surface area contributed by atoms with E-state index in [0.29, 0.717) is 5.92 Å². The van der Waals surface area contributed by atoms with Gasteiger partial charge in [-0.25, -0.2) is 0 Å². The predicted octanol–water partition coefficient (Wildman–Crippen LogP) is 2.02. The highest BCUT2D eigenvalue weighted by molar-refractivity contribution is 5.24. The smallest absolute Gasteiger partial charge is 0.0641 e. The van der Waals surface area contributed by atoms with Crippen LogP contribution in [0.3, 0.4) is 0 Å². The van der Waals surface area contributed by atoms with Gasteiger partial charge in [-0.15, -0.1) is 0 Å². The average molecular weight is 253 g/mol. The monoisotopic (exact) mass is 253 g/mol. The lowest BCUT2D eigenvalue weighted by atomic mass is 10.1. The van der Waals surface area contributed by atoms with Crippen molar-refractivity contribution in [3.63, 3.8) is 0 Å². The highest BCUT2D eigenvalue weighted by Crippen LogP contribution is 2.13. The molecule has 1 rings (SSSR count). The molecule has 2 N–H and O–H groups in total. The molecule has 0 amide bonds. The molecule has 1 heterocycles. The van der Waals surface area contributed by atoms with E-state index in [1.807, 2.05) is 11.6 Å². The summed E-state index contributed by atoms with van der Waals surface area (Å²) in [7, 11) is 0. The van der Waals surface area contributed by atoms with Crippen molar-refractivity contribution in [1.29, 1.82) is 0 Å². The van der Waals surface area contributed by atoms with Crippen LogP contribution in [0.1, 0.15) is 44.1 Å². The van der Waals surface area contributed by atoms with E-state index >= 15 is 0 Å². The van der Waals surface area contributed by atoms with E-state index in [2.05, 4.69) is 38.1 Å². The van der Waals surface area contributed by atoms with Gasteiger partial charge in [0.2, 0.25) is 0 Å². The van der Waals surface area contributed by atoms with Crippen LogP contribution in [-0.4, -0.2) is 27.5 Å². The number of aryl methyl sites for hydroxylation is 2. The molecule has 0 aliphatic carbocycles. The van der Waals surface area contributed by atoms with E-state index in [1.54, 1.807) is 0 Å². The van der Waals surface area contributed by atoms with Gasteiger partial charge in [0.15, 0.2) is 0 Å². The fraction of sp³-hybridized carbons (Fsp3) is 0.786. The number of aliphatic hydroxyl groups is 1. The van der Waals surface area contributed by atoms with Crippen LogP contribution in [0.25, 0.3) is 0 Å². The zero-order valence-electron chi connectivity index (χ0n) is 12.3. The molecule has 0 spiro atoms. The molecule has 1 unspecified atom stereocenters. The first-order valence-corrected chi connectivity index (χ1v) is 6.83. The van der Waals surface area contributed by atoms with E-state index in [-0.39, 0.29) is 6.10 Å². The number of hydrogen-bond acceptors (Lipinski definition) is 3. The third kappa shape index (κ3) is 4.42. The average Bonchev–Trinajstić information content (AvgIpc) is 2.53. The summed E-state index contributed by atoms with van der Waals surface area (Å²) in [4.78, 5) is 0. The minimum atomic E-state index is -0.267. The zero-order chi connectivity index (χ0) is 13.7. The fourth-order valence-corrected chi connectivity index (χ4v) is 2.00. The first-order valence-electron chi connectivity index (χ1n) is 6.83. The summed E-state index contributed by atoms with van der Waals surface area (Å²) in [6.07, 6.45) is 0.484. The van der Waals surface area contributed by atoms with Crippen molar-refractivity contribution in [3.8, 4) is 0 Å². The zero-order valence-corrected chi connectivity index (χ0v) is 12.3. The Morgan fingerprint density at radius 1 is 1.28 bits per heavy atom. The van der Waals surface area contributed by atoms with E-state index in [4.69, 9.17) is 0 Å². The minimum Gasteiger partial charge on any atom is -0.393 e. The van der Waals surface area contributed by atoms with Crippen LogP contribution in [0, 0.1) is 19.8 Å². The second-order valence-corrected chi connectivity index (χ2v) is 5.53. The van der Waals surface area contributed by atoms with Crippen LogP contribution >= 0.6 is 0 Å². The Balaban J connectivity index is 2.62. The fourth-order valence-electron chi connectivity index (χ4n) is 2.00. The maximum Gasteiger partial charge on any atom is 0.0641 e. The quantitative estimate of drug-likeness (QED) is 0.781. The van der Waals surface area contributed by atoms with Gasteiger partial charge in [0, 0.05) is 24.3 Å². The van der Waals surface area contributed by atoms with Crippen LogP contribution in [-0.2, 0) is 13.1 Å². The first kappa shape index (κ1) is 15.2. The summed E-state index contributed by atoms with van der Waals surface area (Å²) in [5.41, 5.74) is 3.60. The molecule has 0 radical (unpaired) electrons. The van der Waals surface area contributed by atoms with Gasteiger partial charge >= 0.3 is 0 Å². The van der Waals surface area contributed by atoms with Crippen LogP contribution < -0.4 is 5.32 Å². The summed E-state index contributed by atoms with van der Waals surface area (Å²) in [5, 5.41) is 17.3. The van der Waals surface area contributed by atoms with E-state index in [0.717, 1.165) is 31.7 Å². The normalized spacial score (nSPS) is 13.3. The Morgan fingerprint density at radius 3 is 2.50 bits per heavy atom. The summed E-state index contributed by atoms with van der Waals surface area (Å²) in [6, 6.07) is 0. The molecule has 4 heteroatoms. The SMILES string of the molecule is Cc1nn(CCC(C)O)c(C)c1CNCC(C)C. The van der Waals surface area contributed by atoms with Gasteiger partial charge in [-0.05, 0) is 39.7 Å². The number of aromatic nitrogens is 2. The van der Waals surface area contributed by atoms with Crippen molar-refractivity contribution < 1.29 is 5.11 Å². The first-order chi connectivity index (χ1) is 8.41. The minimum absolute atomic E-state index is 0.267. The van der Waals surface area contributed by atoms with Gasteiger partial charge < -0.3 is 10.4 Å². The topological polar surface area (TPSA) is 50.1 Å². The van der Waals surface area contributed by atoms with Crippen molar-refractivity contribution in [3.05, 3.63) is 17.0 Å². The van der Waals surface area contributed by atoms with Gasteiger partial charge in [0.05, 0.1) is 11.8 Å². The summed E-state index contributed by atoms with van der Waals surface area (Å²) >= 11 is 0. The predicted molar refractivity (Wildman–Crippen MR) is 74.5 cm³/mol. The second kappa shape index (κ2) is 6.90. The molecule has 4 nitrogen and oxygen atoms in total. The van der Waals surface area contributed by atoms with Gasteiger partial charge in [-0.2, -0.15) is 5.10 Å². The van der Waals surface area contributed by atoms with E-state index in [1.165, 1.54) is 11.3 Å². The molecule has 0 aliphatic heterocycles. The van der Waals surface area contributed by atoms with Crippen molar-refractivity contribution in [2.45, 2.75) is 60.2 Å². The number of nitrogens with zero attached hydrogens (tertiary/aromatic N) is 2. The Morgan fingerprint density at radius 2 is 1.94 bits per heavy atom. The number of hydrogen-bond donors (Lipinski definition) is 2. The van der Waals surface area contributed by atoms with Gasteiger partial charge in [-0.3, -0.25) is 4.68 Å². The molecule has 0 aromatic carbocycles. The molecule has 0 saturated heterocycles. The van der Waals surface area contributed by atoms with Gasteiger partial charge in [0.25, 0.3) is 0 Å². The van der Waals surface area contributed by atoms with Gasteiger partial charge in [0.1, 0.15) is 0 Å². The van der Waals surface area contributed by atoms with Crippen LogP contribution in [0.5, 0.6) is 0 Å². The van der Waals surface area contributed by atoms with Gasteiger partial charge in [-0.1, -0.05) is 13.8 Å². The highest BCUT2D eigenvalue weighted by atomic mass is 16.3. The molecule has 104 valence electrons. The lowest BCUT2D eigenvalue weighted by Crippen LogP contribution is -2.19. The number of nitrogens with one attached hydrogen (secondary N) is 1. The van der Waals surface area contributed by atoms with Crippen molar-refractivity contribution in [1.82, 2.24) is 15.1 Å². The molecular formula is C14H27N3O. The number of rotatable bonds is 7. The summed E-state index contributed by atoms with van der Waals surface area (Å²) in [6.45, 7) is 13.1. The molecule has 0 aliphatic rings. The van der Waals surface area contributed by atoms with Crippen molar-refractivity contribution >= 4 is 0 Å². The third-order valence-electron chi connectivity index (χ3n) is 3.14. The molecule has 1 aromatic heterocycles. The number of aliphatic hydroxyl groups excluding tert-OH is 1. The Kier molecular flexibility index (Phi) is 5.82. The molecule has 0 saturated carbocycles. The molecule has 0 fully saturated rings. The lowest BCUT2D eigenvalue weighted by Gasteiger charge is -2.09. The van der Waals surface area contributed by atoms with Crippen LogP contribution in [0.15, 0.2) is 0 Å². The largest absolute Gasteiger partial charge is 0.393 e. The molecule has 0 bridgehead atoms. The maximum atomic E-state index is 9.33. The summed E-state index contributed by atoms with van der Waals surface area (Å²) in [5.74, 6) is 0.663. The summed E-state index contributed by atoms with van der Waals surface area (Å²) < 4.78 is 2.01. The van der Waals surface area contributed by atoms with E-state index in [9.17, 15) is 5.11 Å². The highest BCUT2D eigenvalue weighted by Gasteiger charge is 2.11. The van der Waals surface area contributed by atoms with Crippen LogP contribution in [0.2, 0.25) is 0 Å². The molecular weight excluding hydrogens is 226 g/mol.